The summed E-state index contributed by atoms with van der Waals surface area (Å²) >= 11 is 0. The van der Waals surface area contributed by atoms with Crippen LogP contribution >= 0.6 is 0 Å². The maximum atomic E-state index is 12.4. The van der Waals surface area contributed by atoms with Crippen LogP contribution in [0.4, 0.5) is 12.9 Å². The van der Waals surface area contributed by atoms with Crippen molar-refractivity contribution in [3.8, 4) is 0 Å². The van der Waals surface area contributed by atoms with Gasteiger partial charge in [0.2, 0.25) is 0 Å². The number of hydrogen-bond acceptors (Lipinski definition) is 2. The van der Waals surface area contributed by atoms with Crippen LogP contribution in [0.15, 0.2) is 0 Å². The molecule has 1 heterocycles. The number of methoxy groups -OCH3 is 1. The van der Waals surface area contributed by atoms with Crippen molar-refractivity contribution < 1.29 is 73.8 Å². The van der Waals surface area contributed by atoms with E-state index in [0.717, 1.165) is 0 Å². The van der Waals surface area contributed by atoms with E-state index < -0.39 is 18.7 Å². The van der Waals surface area contributed by atoms with Gasteiger partial charge in [-0.05, 0) is 18.3 Å². The predicted molar refractivity (Wildman–Crippen MR) is 48.2 cm³/mol. The quantitative estimate of drug-likeness (QED) is 0.613. The Bertz CT molecular complexity index is 178. The number of rotatable bonds is 4. The first kappa shape index (κ1) is 16.4. The van der Waals surface area contributed by atoms with Gasteiger partial charge in [-0.2, -0.15) is 0 Å². The van der Waals surface area contributed by atoms with E-state index in [4.69, 9.17) is 9.47 Å². The SMILES string of the molecule is COCC1(C[B-](F)(F)F)CCOCC1.[K+]. The summed E-state index contributed by atoms with van der Waals surface area (Å²) in [7, 11) is 1.45. The van der Waals surface area contributed by atoms with Gasteiger partial charge < -0.3 is 22.4 Å². The summed E-state index contributed by atoms with van der Waals surface area (Å²) in [6.45, 7) is -3.73. The van der Waals surface area contributed by atoms with E-state index in [1.54, 1.807) is 0 Å². The Balaban J connectivity index is 0.00000196. The second-order valence-corrected chi connectivity index (χ2v) is 3.96. The Morgan fingerprint density at radius 3 is 2.20 bits per heavy atom. The molecule has 0 radical (unpaired) electrons. The van der Waals surface area contributed by atoms with E-state index in [1.165, 1.54) is 7.11 Å². The van der Waals surface area contributed by atoms with Gasteiger partial charge in [0.1, 0.15) is 0 Å². The maximum Gasteiger partial charge on any atom is 1.00 e. The van der Waals surface area contributed by atoms with Gasteiger partial charge in [0.15, 0.2) is 0 Å². The Labute approximate surface area is 131 Å². The Hall–Kier alpha value is 1.41. The van der Waals surface area contributed by atoms with Gasteiger partial charge in [-0.25, -0.2) is 0 Å². The molecule has 15 heavy (non-hydrogen) atoms. The standard InChI is InChI=1S/C8H15BF3O2.K/c1-13-7-8(6-9(10,11)12)2-4-14-5-3-8;/h2-7H2,1H3;/q-1;+1. The first-order valence-corrected chi connectivity index (χ1v) is 4.75. The summed E-state index contributed by atoms with van der Waals surface area (Å²) in [4.78, 5) is 0. The molecule has 1 rings (SSSR count). The third kappa shape index (κ3) is 6.05. The molecule has 0 saturated carbocycles. The molecule has 1 saturated heterocycles. The van der Waals surface area contributed by atoms with Crippen LogP contribution in [0, 0.1) is 5.41 Å². The zero-order valence-electron chi connectivity index (χ0n) is 9.27. The van der Waals surface area contributed by atoms with Crippen molar-refractivity contribution in [2.24, 2.45) is 5.41 Å². The molecule has 0 unspecified atom stereocenters. The van der Waals surface area contributed by atoms with Crippen molar-refractivity contribution in [3.63, 3.8) is 0 Å². The fraction of sp³-hybridized carbons (Fsp3) is 1.00. The third-order valence-electron chi connectivity index (χ3n) is 2.67. The smallest absolute Gasteiger partial charge is 0.449 e. The van der Waals surface area contributed by atoms with Crippen molar-refractivity contribution in [1.82, 2.24) is 0 Å². The fourth-order valence-corrected chi connectivity index (χ4v) is 2.01. The van der Waals surface area contributed by atoms with Crippen molar-refractivity contribution >= 4 is 6.98 Å². The monoisotopic (exact) mass is 250 g/mol. The van der Waals surface area contributed by atoms with Gasteiger partial charge in [-0.3, -0.25) is 0 Å². The fourth-order valence-electron chi connectivity index (χ4n) is 2.01. The van der Waals surface area contributed by atoms with E-state index in [0.29, 0.717) is 26.1 Å². The summed E-state index contributed by atoms with van der Waals surface area (Å²) in [5.74, 6) is 0. The van der Waals surface area contributed by atoms with Gasteiger partial charge in [-0.15, -0.1) is 0 Å². The molecule has 1 aliphatic heterocycles. The average molecular weight is 250 g/mol. The van der Waals surface area contributed by atoms with Crippen LogP contribution in [0.2, 0.25) is 6.32 Å². The normalized spacial score (nSPS) is 20.8. The average Bonchev–Trinajstić information content (AvgIpc) is 2.02. The summed E-state index contributed by atoms with van der Waals surface area (Å²) < 4.78 is 47.1. The first-order chi connectivity index (χ1) is 6.47. The molecule has 0 amide bonds. The minimum Gasteiger partial charge on any atom is -0.449 e. The molecule has 7 heteroatoms. The molecular weight excluding hydrogens is 235 g/mol. The zero-order valence-corrected chi connectivity index (χ0v) is 12.4. The van der Waals surface area contributed by atoms with Crippen LogP contribution in [0.25, 0.3) is 0 Å². The molecule has 0 bridgehead atoms. The van der Waals surface area contributed by atoms with E-state index in [9.17, 15) is 12.9 Å². The van der Waals surface area contributed by atoms with Crippen molar-refractivity contribution in [1.29, 1.82) is 0 Å². The first-order valence-electron chi connectivity index (χ1n) is 4.75. The Kier molecular flexibility index (Phi) is 7.64. The predicted octanol–water partition coefficient (Wildman–Crippen LogP) is -0.719. The molecule has 0 atom stereocenters. The second kappa shape index (κ2) is 6.98. The summed E-state index contributed by atoms with van der Waals surface area (Å²) in [6.07, 6.45) is 0.189. The van der Waals surface area contributed by atoms with Crippen molar-refractivity contribution in [3.05, 3.63) is 0 Å². The largest absolute Gasteiger partial charge is 1.00 e. The minimum absolute atomic E-state index is 0. The molecule has 0 aromatic carbocycles. The van der Waals surface area contributed by atoms with Crippen LogP contribution in [0.5, 0.6) is 0 Å². The van der Waals surface area contributed by atoms with Crippen LogP contribution in [0.1, 0.15) is 12.8 Å². The zero-order chi connectivity index (χ0) is 10.7. The maximum absolute atomic E-state index is 12.4. The van der Waals surface area contributed by atoms with Gasteiger partial charge in [0.25, 0.3) is 0 Å². The Morgan fingerprint density at radius 2 is 1.80 bits per heavy atom. The summed E-state index contributed by atoms with van der Waals surface area (Å²) in [6, 6.07) is 0. The van der Waals surface area contributed by atoms with Gasteiger partial charge in [0, 0.05) is 26.9 Å². The topological polar surface area (TPSA) is 18.5 Å². The molecule has 0 spiro atoms. The van der Waals surface area contributed by atoms with Gasteiger partial charge in [0.05, 0.1) is 0 Å². The van der Waals surface area contributed by atoms with Crippen LogP contribution in [0.3, 0.4) is 0 Å². The van der Waals surface area contributed by atoms with Crippen LogP contribution in [-0.4, -0.2) is 33.9 Å². The van der Waals surface area contributed by atoms with Gasteiger partial charge in [-0.1, -0.05) is 6.32 Å². The second-order valence-electron chi connectivity index (χ2n) is 3.96. The van der Waals surface area contributed by atoms with Crippen molar-refractivity contribution in [2.45, 2.75) is 19.2 Å². The van der Waals surface area contributed by atoms with Gasteiger partial charge >= 0.3 is 58.4 Å². The molecule has 1 fully saturated rings. The molecule has 0 aromatic rings. The Morgan fingerprint density at radius 1 is 1.27 bits per heavy atom. The summed E-state index contributed by atoms with van der Waals surface area (Å²) in [5.41, 5.74) is -0.731. The van der Waals surface area contributed by atoms with Crippen LogP contribution in [-0.2, 0) is 9.47 Å². The molecule has 0 N–H and O–H groups in total. The minimum atomic E-state index is -4.73. The van der Waals surface area contributed by atoms with E-state index in [-0.39, 0.29) is 58.0 Å². The van der Waals surface area contributed by atoms with E-state index in [2.05, 4.69) is 0 Å². The number of ether oxygens (including phenoxy) is 2. The number of hydrogen-bond donors (Lipinski definition) is 0. The van der Waals surface area contributed by atoms with E-state index in [1.807, 2.05) is 0 Å². The molecule has 0 aromatic heterocycles. The number of halogens is 3. The third-order valence-corrected chi connectivity index (χ3v) is 2.67. The molecule has 1 aliphatic rings. The molecule has 84 valence electrons. The van der Waals surface area contributed by atoms with Crippen molar-refractivity contribution in [2.75, 3.05) is 26.9 Å². The van der Waals surface area contributed by atoms with E-state index >= 15 is 0 Å². The van der Waals surface area contributed by atoms with Crippen LogP contribution < -0.4 is 51.4 Å². The molecule has 0 aliphatic carbocycles. The molecular formula is C8H15BF3KO2. The summed E-state index contributed by atoms with van der Waals surface area (Å²) in [5, 5.41) is 0. The molecule has 2 nitrogen and oxygen atoms in total.